The number of nitrogens with zero attached hydrogens (tertiary/aromatic N) is 1. The number of amides is 1. The van der Waals surface area contributed by atoms with Crippen molar-refractivity contribution in [2.75, 3.05) is 43.9 Å². The topological polar surface area (TPSA) is 76.8 Å². The number of hydrogen-bond donors (Lipinski definition) is 2. The molecule has 1 aromatic rings. The van der Waals surface area contributed by atoms with Crippen LogP contribution in [-0.2, 0) is 14.3 Å². The summed E-state index contributed by atoms with van der Waals surface area (Å²) < 4.78 is 11.4. The maximum atomic E-state index is 12.0. The van der Waals surface area contributed by atoms with E-state index in [2.05, 4.69) is 10.2 Å². The SMILES string of the molecule is Nc1cccc(NC(=O)CN2CCC3(CC2)OCCO3)c1. The number of likely N-dealkylation sites (tertiary alicyclic amines) is 1. The molecule has 2 fully saturated rings. The standard InChI is InChI=1S/C15H21N3O3/c16-12-2-1-3-13(10-12)17-14(19)11-18-6-4-15(5-7-18)20-8-9-21-15/h1-3,10H,4-9,11,16H2,(H,17,19). The molecule has 0 saturated carbocycles. The minimum atomic E-state index is -0.388. The first kappa shape index (κ1) is 14.3. The van der Waals surface area contributed by atoms with E-state index in [-0.39, 0.29) is 11.7 Å². The molecule has 3 N–H and O–H groups in total. The highest BCUT2D eigenvalue weighted by Gasteiger charge is 2.39. The number of hydrogen-bond acceptors (Lipinski definition) is 5. The maximum absolute atomic E-state index is 12.0. The second kappa shape index (κ2) is 6.01. The molecular weight excluding hydrogens is 270 g/mol. The van der Waals surface area contributed by atoms with Crippen LogP contribution in [0.2, 0.25) is 0 Å². The van der Waals surface area contributed by atoms with Gasteiger partial charge >= 0.3 is 0 Å². The van der Waals surface area contributed by atoms with Gasteiger partial charge in [0.1, 0.15) is 0 Å². The molecule has 0 radical (unpaired) electrons. The molecule has 1 amide bonds. The van der Waals surface area contributed by atoms with Crippen LogP contribution in [-0.4, -0.2) is 49.4 Å². The van der Waals surface area contributed by atoms with Gasteiger partial charge in [-0.3, -0.25) is 9.69 Å². The van der Waals surface area contributed by atoms with E-state index in [1.54, 1.807) is 12.1 Å². The van der Waals surface area contributed by atoms with Crippen LogP contribution in [0.4, 0.5) is 11.4 Å². The van der Waals surface area contributed by atoms with Gasteiger partial charge in [-0.1, -0.05) is 6.07 Å². The predicted molar refractivity (Wildman–Crippen MR) is 79.8 cm³/mol. The number of rotatable bonds is 3. The van der Waals surface area contributed by atoms with Gasteiger partial charge in [0.2, 0.25) is 5.91 Å². The first-order valence-electron chi connectivity index (χ1n) is 7.31. The van der Waals surface area contributed by atoms with Crippen LogP contribution in [0, 0.1) is 0 Å². The van der Waals surface area contributed by atoms with E-state index >= 15 is 0 Å². The molecule has 1 spiro atoms. The number of anilines is 2. The largest absolute Gasteiger partial charge is 0.399 e. The van der Waals surface area contributed by atoms with Crippen LogP contribution in [0.1, 0.15) is 12.8 Å². The molecule has 6 nitrogen and oxygen atoms in total. The molecular formula is C15H21N3O3. The van der Waals surface area contributed by atoms with E-state index in [1.807, 2.05) is 12.1 Å². The van der Waals surface area contributed by atoms with Crippen LogP contribution in [0.15, 0.2) is 24.3 Å². The molecule has 0 aliphatic carbocycles. The molecule has 114 valence electrons. The Morgan fingerprint density at radius 2 is 2.00 bits per heavy atom. The average molecular weight is 291 g/mol. The van der Waals surface area contributed by atoms with Crippen molar-refractivity contribution in [3.8, 4) is 0 Å². The summed E-state index contributed by atoms with van der Waals surface area (Å²) in [6, 6.07) is 7.20. The molecule has 0 atom stereocenters. The third-order valence-electron chi connectivity index (χ3n) is 3.97. The van der Waals surface area contributed by atoms with Gasteiger partial charge < -0.3 is 20.5 Å². The Bertz CT molecular complexity index is 505. The summed E-state index contributed by atoms with van der Waals surface area (Å²) in [5, 5.41) is 2.87. The zero-order chi connectivity index (χ0) is 14.7. The predicted octanol–water partition coefficient (Wildman–Crippen LogP) is 1.05. The van der Waals surface area contributed by atoms with E-state index < -0.39 is 0 Å². The number of nitrogens with two attached hydrogens (primary N) is 1. The molecule has 0 aromatic heterocycles. The Labute approximate surface area is 124 Å². The summed E-state index contributed by atoms with van der Waals surface area (Å²) >= 11 is 0. The van der Waals surface area contributed by atoms with E-state index in [0.717, 1.165) is 31.6 Å². The molecule has 6 heteroatoms. The second-order valence-electron chi connectivity index (χ2n) is 5.56. The first-order valence-corrected chi connectivity index (χ1v) is 7.31. The summed E-state index contributed by atoms with van der Waals surface area (Å²) in [5.74, 6) is -0.411. The lowest BCUT2D eigenvalue weighted by molar-refractivity contribution is -0.185. The number of nitrogens with one attached hydrogen (secondary N) is 1. The Morgan fingerprint density at radius 3 is 2.67 bits per heavy atom. The van der Waals surface area contributed by atoms with Crippen LogP contribution < -0.4 is 11.1 Å². The summed E-state index contributed by atoms with van der Waals surface area (Å²) in [7, 11) is 0. The molecule has 2 aliphatic rings. The third-order valence-corrected chi connectivity index (χ3v) is 3.97. The Kier molecular flexibility index (Phi) is 4.10. The van der Waals surface area contributed by atoms with E-state index in [4.69, 9.17) is 15.2 Å². The zero-order valence-corrected chi connectivity index (χ0v) is 12.0. The van der Waals surface area contributed by atoms with Crippen LogP contribution in [0.25, 0.3) is 0 Å². The minimum Gasteiger partial charge on any atom is -0.399 e. The van der Waals surface area contributed by atoms with Crippen molar-refractivity contribution in [2.24, 2.45) is 0 Å². The second-order valence-corrected chi connectivity index (χ2v) is 5.56. The highest BCUT2D eigenvalue weighted by Crippen LogP contribution is 2.31. The lowest BCUT2D eigenvalue weighted by Crippen LogP contribution is -2.47. The van der Waals surface area contributed by atoms with E-state index in [0.29, 0.717) is 25.4 Å². The molecule has 2 heterocycles. The maximum Gasteiger partial charge on any atom is 0.238 e. The number of nitrogen functional groups attached to an aromatic ring is 1. The number of carbonyl (C=O) groups is 1. The van der Waals surface area contributed by atoms with Gasteiger partial charge in [0.25, 0.3) is 0 Å². The summed E-state index contributed by atoms with van der Waals surface area (Å²) in [5.41, 5.74) is 7.07. The Morgan fingerprint density at radius 1 is 1.29 bits per heavy atom. The number of piperidine rings is 1. The Hall–Kier alpha value is -1.63. The smallest absolute Gasteiger partial charge is 0.238 e. The third kappa shape index (κ3) is 3.53. The van der Waals surface area contributed by atoms with Crippen molar-refractivity contribution < 1.29 is 14.3 Å². The van der Waals surface area contributed by atoms with Crippen molar-refractivity contribution >= 4 is 17.3 Å². The van der Waals surface area contributed by atoms with E-state index in [1.165, 1.54) is 0 Å². The first-order chi connectivity index (χ1) is 10.2. The number of ether oxygens (including phenoxy) is 2. The summed E-state index contributed by atoms with van der Waals surface area (Å²) in [6.45, 7) is 3.35. The van der Waals surface area contributed by atoms with Crippen molar-refractivity contribution in [1.82, 2.24) is 4.90 Å². The number of carbonyl (C=O) groups excluding carboxylic acids is 1. The van der Waals surface area contributed by atoms with E-state index in [9.17, 15) is 4.79 Å². The van der Waals surface area contributed by atoms with Gasteiger partial charge in [0.05, 0.1) is 19.8 Å². The van der Waals surface area contributed by atoms with Crippen LogP contribution >= 0.6 is 0 Å². The normalized spacial score (nSPS) is 21.5. The fourth-order valence-electron chi connectivity index (χ4n) is 2.86. The molecule has 1 aromatic carbocycles. The minimum absolute atomic E-state index is 0.0233. The van der Waals surface area contributed by atoms with Crippen molar-refractivity contribution in [3.63, 3.8) is 0 Å². The summed E-state index contributed by atoms with van der Waals surface area (Å²) in [6.07, 6.45) is 1.64. The van der Waals surface area contributed by atoms with Gasteiger partial charge in [-0.15, -0.1) is 0 Å². The van der Waals surface area contributed by atoms with Gasteiger partial charge in [-0.2, -0.15) is 0 Å². The zero-order valence-electron chi connectivity index (χ0n) is 12.0. The molecule has 2 saturated heterocycles. The lowest BCUT2D eigenvalue weighted by atomic mass is 10.0. The highest BCUT2D eigenvalue weighted by molar-refractivity contribution is 5.92. The van der Waals surface area contributed by atoms with Crippen molar-refractivity contribution in [2.45, 2.75) is 18.6 Å². The monoisotopic (exact) mass is 291 g/mol. The fourth-order valence-corrected chi connectivity index (χ4v) is 2.86. The Balaban J connectivity index is 1.47. The van der Waals surface area contributed by atoms with Crippen LogP contribution in [0.5, 0.6) is 0 Å². The summed E-state index contributed by atoms with van der Waals surface area (Å²) in [4.78, 5) is 14.2. The fraction of sp³-hybridized carbons (Fsp3) is 0.533. The molecule has 0 bridgehead atoms. The highest BCUT2D eigenvalue weighted by atomic mass is 16.7. The van der Waals surface area contributed by atoms with Gasteiger partial charge in [-0.25, -0.2) is 0 Å². The molecule has 21 heavy (non-hydrogen) atoms. The van der Waals surface area contributed by atoms with Crippen LogP contribution in [0.3, 0.4) is 0 Å². The molecule has 3 rings (SSSR count). The van der Waals surface area contributed by atoms with Crippen molar-refractivity contribution in [3.05, 3.63) is 24.3 Å². The molecule has 0 unspecified atom stereocenters. The lowest BCUT2D eigenvalue weighted by Gasteiger charge is -2.37. The average Bonchev–Trinajstić information content (AvgIpc) is 2.90. The molecule has 2 aliphatic heterocycles. The van der Waals surface area contributed by atoms with Gasteiger partial charge in [0, 0.05) is 37.3 Å². The van der Waals surface area contributed by atoms with Gasteiger partial charge in [-0.05, 0) is 18.2 Å². The van der Waals surface area contributed by atoms with Gasteiger partial charge in [0.15, 0.2) is 5.79 Å². The van der Waals surface area contributed by atoms with Crippen molar-refractivity contribution in [1.29, 1.82) is 0 Å². The quantitative estimate of drug-likeness (QED) is 0.814. The number of benzene rings is 1.